The standard InChI is InChI=1S/C16H12N4/c1-2-4-16-12(3-1)6-8-19-20(16)14-9-13-5-7-17-11-15(13)18-10-14/h1-11,16H. The number of aromatic nitrogens is 2. The Morgan fingerprint density at radius 3 is 3.15 bits per heavy atom. The normalized spacial score (nSPS) is 20.1. The van der Waals surface area contributed by atoms with E-state index in [1.807, 2.05) is 41.7 Å². The van der Waals surface area contributed by atoms with Crippen LogP contribution in [0, 0.1) is 0 Å². The van der Waals surface area contributed by atoms with Crippen LogP contribution in [0.3, 0.4) is 0 Å². The molecule has 20 heavy (non-hydrogen) atoms. The topological polar surface area (TPSA) is 41.4 Å². The molecule has 96 valence electrons. The number of nitrogens with zero attached hydrogens (tertiary/aromatic N) is 4. The molecule has 0 radical (unpaired) electrons. The summed E-state index contributed by atoms with van der Waals surface area (Å²) < 4.78 is 0. The zero-order valence-electron chi connectivity index (χ0n) is 10.7. The molecule has 1 atom stereocenters. The van der Waals surface area contributed by atoms with Crippen LogP contribution in [0.2, 0.25) is 0 Å². The van der Waals surface area contributed by atoms with Crippen molar-refractivity contribution in [3.63, 3.8) is 0 Å². The minimum Gasteiger partial charge on any atom is -0.262 e. The predicted molar refractivity (Wildman–Crippen MR) is 80.7 cm³/mol. The Hall–Kier alpha value is -2.75. The molecular weight excluding hydrogens is 248 g/mol. The van der Waals surface area contributed by atoms with Crippen molar-refractivity contribution in [1.82, 2.24) is 9.97 Å². The Labute approximate surface area is 116 Å². The molecule has 2 aliphatic rings. The maximum Gasteiger partial charge on any atom is 0.0960 e. The quantitative estimate of drug-likeness (QED) is 0.791. The zero-order chi connectivity index (χ0) is 13.4. The van der Waals surface area contributed by atoms with Crippen LogP contribution in [0.15, 0.2) is 71.8 Å². The smallest absolute Gasteiger partial charge is 0.0960 e. The lowest BCUT2D eigenvalue weighted by atomic mass is 10.00. The van der Waals surface area contributed by atoms with E-state index < -0.39 is 0 Å². The highest BCUT2D eigenvalue weighted by Crippen LogP contribution is 2.28. The molecule has 0 fully saturated rings. The highest BCUT2D eigenvalue weighted by molar-refractivity contribution is 5.83. The SMILES string of the molecule is C1=CC2=CC=NN(c3cnc4cnccc4c3)C2C=C1. The van der Waals surface area contributed by atoms with Crippen molar-refractivity contribution in [1.29, 1.82) is 0 Å². The van der Waals surface area contributed by atoms with E-state index in [0.29, 0.717) is 0 Å². The first-order valence-corrected chi connectivity index (χ1v) is 6.50. The molecule has 3 heterocycles. The van der Waals surface area contributed by atoms with Crippen molar-refractivity contribution in [3.05, 3.63) is 66.7 Å². The summed E-state index contributed by atoms with van der Waals surface area (Å²) in [5.41, 5.74) is 3.11. The Morgan fingerprint density at radius 1 is 1.15 bits per heavy atom. The molecule has 0 bridgehead atoms. The molecule has 4 nitrogen and oxygen atoms in total. The van der Waals surface area contributed by atoms with Crippen LogP contribution >= 0.6 is 0 Å². The van der Waals surface area contributed by atoms with Gasteiger partial charge in [-0.2, -0.15) is 5.10 Å². The van der Waals surface area contributed by atoms with E-state index in [-0.39, 0.29) is 6.04 Å². The Bertz CT molecular complexity index is 786. The van der Waals surface area contributed by atoms with Crippen LogP contribution in [0.4, 0.5) is 5.69 Å². The van der Waals surface area contributed by atoms with E-state index in [2.05, 4.69) is 33.3 Å². The number of fused-ring (bicyclic) bond motifs is 2. The second kappa shape index (κ2) is 4.42. The molecule has 0 aromatic carbocycles. The van der Waals surface area contributed by atoms with Gasteiger partial charge in [-0.15, -0.1) is 0 Å². The molecule has 4 heteroatoms. The van der Waals surface area contributed by atoms with Crippen molar-refractivity contribution in [2.45, 2.75) is 6.04 Å². The lowest BCUT2D eigenvalue weighted by molar-refractivity contribution is 0.796. The molecule has 1 unspecified atom stereocenters. The fourth-order valence-corrected chi connectivity index (χ4v) is 2.50. The van der Waals surface area contributed by atoms with E-state index in [0.717, 1.165) is 16.6 Å². The molecular formula is C16H12N4. The summed E-state index contributed by atoms with van der Waals surface area (Å²) >= 11 is 0. The van der Waals surface area contributed by atoms with Gasteiger partial charge in [0, 0.05) is 17.8 Å². The molecule has 0 saturated heterocycles. The molecule has 1 aliphatic heterocycles. The van der Waals surface area contributed by atoms with Crippen LogP contribution in [-0.4, -0.2) is 22.2 Å². The van der Waals surface area contributed by atoms with Gasteiger partial charge < -0.3 is 0 Å². The molecule has 1 aliphatic carbocycles. The summed E-state index contributed by atoms with van der Waals surface area (Å²) in [4.78, 5) is 8.54. The van der Waals surface area contributed by atoms with Gasteiger partial charge in [0.2, 0.25) is 0 Å². The van der Waals surface area contributed by atoms with E-state index in [1.54, 1.807) is 12.4 Å². The number of anilines is 1. The third-order valence-electron chi connectivity index (χ3n) is 3.49. The van der Waals surface area contributed by atoms with Gasteiger partial charge in [0.1, 0.15) is 0 Å². The van der Waals surface area contributed by atoms with Crippen molar-refractivity contribution in [2.75, 3.05) is 5.01 Å². The van der Waals surface area contributed by atoms with Crippen LogP contribution in [0.5, 0.6) is 0 Å². The number of hydrogen-bond acceptors (Lipinski definition) is 4. The maximum absolute atomic E-state index is 4.48. The third kappa shape index (κ3) is 1.73. The number of hydrogen-bond donors (Lipinski definition) is 0. The monoisotopic (exact) mass is 260 g/mol. The van der Waals surface area contributed by atoms with Crippen molar-refractivity contribution >= 4 is 22.8 Å². The fourth-order valence-electron chi connectivity index (χ4n) is 2.50. The fraction of sp³-hybridized carbons (Fsp3) is 0.0625. The average molecular weight is 260 g/mol. The lowest BCUT2D eigenvalue weighted by Gasteiger charge is -2.31. The Kier molecular flexibility index (Phi) is 2.45. The number of allylic oxidation sites excluding steroid dienone is 3. The second-order valence-corrected chi connectivity index (χ2v) is 4.73. The van der Waals surface area contributed by atoms with Gasteiger partial charge in [0.15, 0.2) is 0 Å². The van der Waals surface area contributed by atoms with Gasteiger partial charge in [0.25, 0.3) is 0 Å². The van der Waals surface area contributed by atoms with Crippen molar-refractivity contribution in [3.8, 4) is 0 Å². The van der Waals surface area contributed by atoms with Gasteiger partial charge in [-0.3, -0.25) is 15.0 Å². The highest BCUT2D eigenvalue weighted by atomic mass is 15.5. The summed E-state index contributed by atoms with van der Waals surface area (Å²) in [5, 5.41) is 7.54. The molecule has 0 spiro atoms. The summed E-state index contributed by atoms with van der Waals surface area (Å²) in [6.07, 6.45) is 17.6. The molecule has 4 rings (SSSR count). The van der Waals surface area contributed by atoms with Gasteiger partial charge in [0.05, 0.1) is 29.6 Å². The Balaban J connectivity index is 1.79. The first-order chi connectivity index (χ1) is 9.92. The van der Waals surface area contributed by atoms with Crippen LogP contribution in [0.1, 0.15) is 0 Å². The minimum absolute atomic E-state index is 0.145. The largest absolute Gasteiger partial charge is 0.262 e. The number of pyridine rings is 2. The predicted octanol–water partition coefficient (Wildman–Crippen LogP) is 2.86. The average Bonchev–Trinajstić information content (AvgIpc) is 2.54. The molecule has 0 amide bonds. The van der Waals surface area contributed by atoms with Crippen LogP contribution < -0.4 is 5.01 Å². The number of hydrazone groups is 1. The van der Waals surface area contributed by atoms with Gasteiger partial charge >= 0.3 is 0 Å². The minimum atomic E-state index is 0.145. The summed E-state index contributed by atoms with van der Waals surface area (Å²) in [5.74, 6) is 0. The third-order valence-corrected chi connectivity index (χ3v) is 3.49. The lowest BCUT2D eigenvalue weighted by Crippen LogP contribution is -2.33. The van der Waals surface area contributed by atoms with E-state index in [9.17, 15) is 0 Å². The molecule has 2 aromatic rings. The Morgan fingerprint density at radius 2 is 2.15 bits per heavy atom. The van der Waals surface area contributed by atoms with E-state index in [4.69, 9.17) is 0 Å². The zero-order valence-corrected chi connectivity index (χ0v) is 10.7. The van der Waals surface area contributed by atoms with E-state index >= 15 is 0 Å². The molecule has 0 N–H and O–H groups in total. The first-order valence-electron chi connectivity index (χ1n) is 6.50. The van der Waals surface area contributed by atoms with Crippen LogP contribution in [0.25, 0.3) is 10.9 Å². The van der Waals surface area contributed by atoms with Crippen LogP contribution in [-0.2, 0) is 0 Å². The van der Waals surface area contributed by atoms with E-state index in [1.165, 1.54) is 5.57 Å². The molecule has 0 saturated carbocycles. The van der Waals surface area contributed by atoms with Gasteiger partial charge in [-0.05, 0) is 23.8 Å². The van der Waals surface area contributed by atoms with Crippen molar-refractivity contribution < 1.29 is 0 Å². The summed E-state index contributed by atoms with van der Waals surface area (Å²) in [6.45, 7) is 0. The summed E-state index contributed by atoms with van der Waals surface area (Å²) in [7, 11) is 0. The number of rotatable bonds is 1. The molecule has 2 aromatic heterocycles. The first kappa shape index (κ1) is 11.1. The highest BCUT2D eigenvalue weighted by Gasteiger charge is 2.22. The second-order valence-electron chi connectivity index (χ2n) is 4.73. The maximum atomic E-state index is 4.48. The van der Waals surface area contributed by atoms with Gasteiger partial charge in [-0.25, -0.2) is 0 Å². The van der Waals surface area contributed by atoms with Gasteiger partial charge in [-0.1, -0.05) is 24.3 Å². The van der Waals surface area contributed by atoms with Crippen molar-refractivity contribution in [2.24, 2.45) is 5.10 Å². The summed E-state index contributed by atoms with van der Waals surface area (Å²) in [6, 6.07) is 4.20.